The van der Waals surface area contributed by atoms with Gasteiger partial charge in [0.05, 0.1) is 18.4 Å². The summed E-state index contributed by atoms with van der Waals surface area (Å²) in [7, 11) is 0. The molecule has 1 aliphatic heterocycles. The van der Waals surface area contributed by atoms with Gasteiger partial charge in [0, 0.05) is 12.1 Å². The van der Waals surface area contributed by atoms with Gasteiger partial charge in [0.25, 0.3) is 0 Å². The van der Waals surface area contributed by atoms with Crippen molar-refractivity contribution in [3.05, 3.63) is 23.0 Å². The van der Waals surface area contributed by atoms with Gasteiger partial charge in [-0.2, -0.15) is 0 Å². The lowest BCUT2D eigenvalue weighted by Crippen LogP contribution is -2.23. The van der Waals surface area contributed by atoms with Crippen LogP contribution in [0.4, 0.5) is 0 Å². The predicted molar refractivity (Wildman–Crippen MR) is 51.3 cm³/mol. The maximum atomic E-state index is 10.9. The quantitative estimate of drug-likeness (QED) is 0.690. The lowest BCUT2D eigenvalue weighted by atomic mass is 9.90. The van der Waals surface area contributed by atoms with Gasteiger partial charge in [0.1, 0.15) is 0 Å². The van der Waals surface area contributed by atoms with Crippen LogP contribution in [-0.4, -0.2) is 17.4 Å². The molecule has 0 radical (unpaired) electrons. The summed E-state index contributed by atoms with van der Waals surface area (Å²) in [6.45, 7) is 0.668. The highest BCUT2D eigenvalue weighted by Crippen LogP contribution is 2.43. The first-order valence-electron chi connectivity index (χ1n) is 5.17. The van der Waals surface area contributed by atoms with E-state index in [2.05, 4.69) is 4.98 Å². The fraction of sp³-hybridized carbons (Fsp3) is 0.545. The number of carbonyl (C=O) groups is 1. The molecule has 0 aromatic carbocycles. The highest BCUT2D eigenvalue weighted by molar-refractivity contribution is 5.76. The van der Waals surface area contributed by atoms with Crippen LogP contribution in [0.2, 0.25) is 0 Å². The third-order valence-corrected chi connectivity index (χ3v) is 3.43. The Morgan fingerprint density at radius 2 is 2.43 bits per heavy atom. The van der Waals surface area contributed by atoms with Crippen molar-refractivity contribution in [1.29, 1.82) is 0 Å². The van der Waals surface area contributed by atoms with E-state index in [4.69, 9.17) is 4.74 Å². The van der Waals surface area contributed by atoms with Crippen LogP contribution in [0.15, 0.2) is 6.20 Å². The van der Waals surface area contributed by atoms with Crippen LogP contribution in [-0.2, 0) is 11.3 Å². The minimum absolute atomic E-state index is 0.358. The Labute approximate surface area is 82.5 Å². The zero-order chi connectivity index (χ0) is 9.54. The van der Waals surface area contributed by atoms with Crippen molar-refractivity contribution in [3.63, 3.8) is 0 Å². The number of carbonyl (C=O) groups excluding carboxylic acids is 1. The molecule has 74 valence electrons. The number of aromatic amines is 1. The number of ether oxygens (including phenoxy) is 1. The van der Waals surface area contributed by atoms with Gasteiger partial charge in [-0.3, -0.25) is 4.79 Å². The van der Waals surface area contributed by atoms with E-state index in [0.717, 1.165) is 24.8 Å². The van der Waals surface area contributed by atoms with Crippen LogP contribution in [0.5, 0.6) is 0 Å². The van der Waals surface area contributed by atoms with Gasteiger partial charge < -0.3 is 9.72 Å². The lowest BCUT2D eigenvalue weighted by molar-refractivity contribution is 0.0212. The van der Waals surface area contributed by atoms with Gasteiger partial charge in [-0.05, 0) is 24.0 Å². The van der Waals surface area contributed by atoms with Gasteiger partial charge >= 0.3 is 0 Å². The summed E-state index contributed by atoms with van der Waals surface area (Å²) in [5.41, 5.74) is 3.17. The third kappa shape index (κ3) is 0.989. The van der Waals surface area contributed by atoms with E-state index in [0.29, 0.717) is 18.6 Å². The SMILES string of the molecule is O=Cc1[nH]cc2c1C1CCCC1OC2. The number of nitrogens with one attached hydrogen (secondary N) is 1. The molecular formula is C11H13NO2. The van der Waals surface area contributed by atoms with Gasteiger partial charge in [0.2, 0.25) is 0 Å². The lowest BCUT2D eigenvalue weighted by Gasteiger charge is -2.26. The second-order valence-electron chi connectivity index (χ2n) is 4.15. The standard InChI is InChI=1S/C11H13NO2/c13-5-9-11-7(4-12-9)6-14-10-3-1-2-8(10)11/h4-5,8,10,12H,1-3,6H2. The number of hydrogen-bond donors (Lipinski definition) is 1. The average Bonchev–Trinajstić information content (AvgIpc) is 2.82. The Balaban J connectivity index is 2.10. The van der Waals surface area contributed by atoms with Gasteiger partial charge in [0.15, 0.2) is 6.29 Å². The first kappa shape index (κ1) is 8.24. The Morgan fingerprint density at radius 3 is 3.29 bits per heavy atom. The van der Waals surface area contributed by atoms with Crippen molar-refractivity contribution in [2.24, 2.45) is 0 Å². The molecule has 2 heterocycles. The molecular weight excluding hydrogens is 178 g/mol. The molecule has 14 heavy (non-hydrogen) atoms. The van der Waals surface area contributed by atoms with Crippen molar-refractivity contribution in [1.82, 2.24) is 4.98 Å². The number of hydrogen-bond acceptors (Lipinski definition) is 2. The fourth-order valence-corrected chi connectivity index (χ4v) is 2.80. The second kappa shape index (κ2) is 2.95. The molecule has 0 bridgehead atoms. The second-order valence-corrected chi connectivity index (χ2v) is 4.15. The molecule has 1 aromatic rings. The number of rotatable bonds is 1. The normalized spacial score (nSPS) is 29.7. The topological polar surface area (TPSA) is 42.1 Å². The summed E-state index contributed by atoms with van der Waals surface area (Å²) in [5.74, 6) is 0.463. The first-order chi connectivity index (χ1) is 6.90. The highest BCUT2D eigenvalue weighted by atomic mass is 16.5. The summed E-state index contributed by atoms with van der Waals surface area (Å²) in [6, 6.07) is 0. The molecule has 0 amide bonds. The van der Waals surface area contributed by atoms with Crippen molar-refractivity contribution < 1.29 is 9.53 Å². The number of aromatic nitrogens is 1. The van der Waals surface area contributed by atoms with Gasteiger partial charge in [-0.1, -0.05) is 6.42 Å². The molecule has 3 rings (SSSR count). The van der Waals surface area contributed by atoms with Crippen LogP contribution < -0.4 is 0 Å². The van der Waals surface area contributed by atoms with E-state index in [-0.39, 0.29) is 0 Å². The molecule has 2 unspecified atom stereocenters. The van der Waals surface area contributed by atoms with E-state index < -0.39 is 0 Å². The zero-order valence-electron chi connectivity index (χ0n) is 7.95. The van der Waals surface area contributed by atoms with Crippen molar-refractivity contribution in [3.8, 4) is 0 Å². The minimum atomic E-state index is 0.358. The molecule has 1 aromatic heterocycles. The van der Waals surface area contributed by atoms with Crippen LogP contribution in [0, 0.1) is 0 Å². The Morgan fingerprint density at radius 1 is 1.50 bits per heavy atom. The number of fused-ring (bicyclic) bond motifs is 3. The van der Waals surface area contributed by atoms with Crippen LogP contribution in [0.1, 0.15) is 46.8 Å². The molecule has 2 atom stereocenters. The Kier molecular flexibility index (Phi) is 1.74. The van der Waals surface area contributed by atoms with E-state index in [1.807, 2.05) is 6.20 Å². The minimum Gasteiger partial charge on any atom is -0.373 e. The molecule has 0 spiro atoms. The predicted octanol–water partition coefficient (Wildman–Crippen LogP) is 1.99. The summed E-state index contributed by atoms with van der Waals surface area (Å²) in [5, 5.41) is 0. The molecule has 1 saturated carbocycles. The summed E-state index contributed by atoms with van der Waals surface area (Å²) in [6.07, 6.45) is 6.73. The molecule has 1 N–H and O–H groups in total. The van der Waals surface area contributed by atoms with E-state index >= 15 is 0 Å². The van der Waals surface area contributed by atoms with Crippen LogP contribution in [0.25, 0.3) is 0 Å². The van der Waals surface area contributed by atoms with E-state index in [9.17, 15) is 4.79 Å². The van der Waals surface area contributed by atoms with E-state index in [1.165, 1.54) is 17.5 Å². The molecule has 2 aliphatic rings. The third-order valence-electron chi connectivity index (χ3n) is 3.43. The smallest absolute Gasteiger partial charge is 0.166 e. The number of H-pyrrole nitrogens is 1. The fourth-order valence-electron chi connectivity index (χ4n) is 2.80. The largest absolute Gasteiger partial charge is 0.373 e. The average molecular weight is 191 g/mol. The summed E-state index contributed by atoms with van der Waals surface area (Å²) < 4.78 is 5.75. The molecule has 3 heteroatoms. The summed E-state index contributed by atoms with van der Waals surface area (Å²) >= 11 is 0. The zero-order valence-corrected chi connectivity index (χ0v) is 7.95. The Bertz CT molecular complexity index is 369. The summed E-state index contributed by atoms with van der Waals surface area (Å²) in [4.78, 5) is 13.9. The van der Waals surface area contributed by atoms with E-state index in [1.54, 1.807) is 0 Å². The Hall–Kier alpha value is -1.09. The monoisotopic (exact) mass is 191 g/mol. The van der Waals surface area contributed by atoms with Gasteiger partial charge in [-0.15, -0.1) is 0 Å². The maximum Gasteiger partial charge on any atom is 0.166 e. The van der Waals surface area contributed by atoms with Crippen LogP contribution >= 0.6 is 0 Å². The number of aldehydes is 1. The molecule has 0 saturated heterocycles. The van der Waals surface area contributed by atoms with Crippen molar-refractivity contribution in [2.75, 3.05) is 0 Å². The first-order valence-corrected chi connectivity index (χ1v) is 5.17. The highest BCUT2D eigenvalue weighted by Gasteiger charge is 2.36. The molecule has 1 fully saturated rings. The maximum absolute atomic E-state index is 10.9. The molecule has 1 aliphatic carbocycles. The van der Waals surface area contributed by atoms with Crippen molar-refractivity contribution >= 4 is 6.29 Å². The van der Waals surface area contributed by atoms with Crippen molar-refractivity contribution in [2.45, 2.75) is 37.9 Å². The molecule has 3 nitrogen and oxygen atoms in total. The van der Waals surface area contributed by atoms with Crippen LogP contribution in [0.3, 0.4) is 0 Å². The van der Waals surface area contributed by atoms with Gasteiger partial charge in [-0.25, -0.2) is 0 Å².